The maximum absolute atomic E-state index is 12.8. The molecule has 1 amide bonds. The molecule has 7 nitrogen and oxygen atoms in total. The Morgan fingerprint density at radius 1 is 1.03 bits per heavy atom. The Hall–Kier alpha value is -2.55. The van der Waals surface area contributed by atoms with E-state index in [1.54, 1.807) is 6.20 Å². The highest BCUT2D eigenvalue weighted by Crippen LogP contribution is 2.28. The number of hydrogen-bond donors (Lipinski definition) is 1. The molecule has 0 unspecified atom stereocenters. The number of fused-ring (bicyclic) bond motifs is 1. The smallest absolute Gasteiger partial charge is 0.246 e. The molecule has 1 saturated heterocycles. The standard InChI is InChI=1S/C20H19ClN4O3S/c21-19-17(7-3-11-23-19)29(27,28)25-12-8-15(9-13-25)20(26)24-16-6-1-4-14-5-2-10-22-18(14)16/h1-7,10-11,15H,8-9,12-13H2,(H,24,26). The van der Waals surface area contributed by atoms with Gasteiger partial charge in [-0.25, -0.2) is 13.4 Å². The number of aromatic nitrogens is 2. The van der Waals surface area contributed by atoms with E-state index in [-0.39, 0.29) is 35.0 Å². The van der Waals surface area contributed by atoms with Crippen LogP contribution in [0.3, 0.4) is 0 Å². The van der Waals surface area contributed by atoms with Gasteiger partial charge in [0.1, 0.15) is 10.0 Å². The van der Waals surface area contributed by atoms with Gasteiger partial charge in [-0.05, 0) is 37.1 Å². The van der Waals surface area contributed by atoms with Gasteiger partial charge in [0.05, 0.1) is 11.2 Å². The van der Waals surface area contributed by atoms with Crippen molar-refractivity contribution >= 4 is 44.1 Å². The van der Waals surface area contributed by atoms with Crippen molar-refractivity contribution in [2.24, 2.45) is 5.92 Å². The maximum Gasteiger partial charge on any atom is 0.246 e. The third-order valence-corrected chi connectivity index (χ3v) is 7.40. The van der Waals surface area contributed by atoms with E-state index in [1.807, 2.05) is 30.3 Å². The topological polar surface area (TPSA) is 92.3 Å². The van der Waals surface area contributed by atoms with Gasteiger partial charge >= 0.3 is 0 Å². The quantitative estimate of drug-likeness (QED) is 0.641. The molecule has 0 radical (unpaired) electrons. The number of rotatable bonds is 4. The molecule has 0 saturated carbocycles. The second-order valence-corrected chi connectivity index (χ2v) is 9.11. The first-order chi connectivity index (χ1) is 14.0. The summed E-state index contributed by atoms with van der Waals surface area (Å²) in [5.41, 5.74) is 1.39. The maximum atomic E-state index is 12.8. The summed E-state index contributed by atoms with van der Waals surface area (Å²) in [5.74, 6) is -0.399. The fraction of sp³-hybridized carbons (Fsp3) is 0.250. The molecule has 150 valence electrons. The lowest BCUT2D eigenvalue weighted by molar-refractivity contribution is -0.120. The Bertz CT molecular complexity index is 1160. The van der Waals surface area contributed by atoms with Crippen molar-refractivity contribution < 1.29 is 13.2 Å². The number of nitrogens with zero attached hydrogens (tertiary/aromatic N) is 3. The number of halogens is 1. The first kappa shape index (κ1) is 19.8. The van der Waals surface area contributed by atoms with Crippen molar-refractivity contribution in [2.45, 2.75) is 17.7 Å². The Balaban J connectivity index is 1.44. The molecule has 1 aromatic carbocycles. The molecule has 1 aliphatic heterocycles. The normalized spacial score (nSPS) is 16.0. The minimum Gasteiger partial charge on any atom is -0.324 e. The minimum atomic E-state index is -3.73. The van der Waals surface area contributed by atoms with Crippen molar-refractivity contribution in [3.05, 3.63) is 60.0 Å². The Labute approximate surface area is 173 Å². The number of amides is 1. The van der Waals surface area contributed by atoms with Crippen molar-refractivity contribution in [2.75, 3.05) is 18.4 Å². The van der Waals surface area contributed by atoms with Crippen LogP contribution in [-0.4, -0.2) is 41.7 Å². The molecule has 0 atom stereocenters. The van der Waals surface area contributed by atoms with Crippen LogP contribution in [0.25, 0.3) is 10.9 Å². The first-order valence-corrected chi connectivity index (χ1v) is 11.0. The predicted octanol–water partition coefficient (Wildman–Crippen LogP) is 3.32. The van der Waals surface area contributed by atoms with Crippen LogP contribution in [0, 0.1) is 5.92 Å². The van der Waals surface area contributed by atoms with Gasteiger partial charge in [-0.15, -0.1) is 0 Å². The number of piperidine rings is 1. The number of sulfonamides is 1. The van der Waals surface area contributed by atoms with E-state index in [2.05, 4.69) is 15.3 Å². The van der Waals surface area contributed by atoms with Gasteiger partial charge in [0.2, 0.25) is 15.9 Å². The van der Waals surface area contributed by atoms with Crippen LogP contribution in [0.4, 0.5) is 5.69 Å². The number of benzene rings is 1. The Morgan fingerprint density at radius 3 is 2.48 bits per heavy atom. The summed E-state index contributed by atoms with van der Waals surface area (Å²) in [6.07, 6.45) is 3.99. The van der Waals surface area contributed by atoms with E-state index in [1.165, 1.54) is 22.6 Å². The number of carbonyl (C=O) groups is 1. The summed E-state index contributed by atoms with van der Waals surface area (Å²) in [5, 5.41) is 3.85. The average molecular weight is 431 g/mol. The highest BCUT2D eigenvalue weighted by Gasteiger charge is 2.33. The first-order valence-electron chi connectivity index (χ1n) is 9.22. The molecule has 1 N–H and O–H groups in total. The van der Waals surface area contributed by atoms with Crippen LogP contribution in [0.2, 0.25) is 5.15 Å². The fourth-order valence-corrected chi connectivity index (χ4v) is 5.40. The average Bonchev–Trinajstić information content (AvgIpc) is 2.74. The van der Waals surface area contributed by atoms with Gasteiger partial charge in [-0.3, -0.25) is 9.78 Å². The minimum absolute atomic E-state index is 0.00796. The fourth-order valence-electron chi connectivity index (χ4n) is 3.50. The number of nitrogens with one attached hydrogen (secondary N) is 1. The number of hydrogen-bond acceptors (Lipinski definition) is 5. The third kappa shape index (κ3) is 3.96. The monoisotopic (exact) mass is 430 g/mol. The number of carbonyl (C=O) groups excluding carboxylic acids is 1. The summed E-state index contributed by atoms with van der Waals surface area (Å²) in [6, 6.07) is 12.4. The summed E-state index contributed by atoms with van der Waals surface area (Å²) >= 11 is 5.96. The molecule has 1 fully saturated rings. The van der Waals surface area contributed by atoms with Crippen LogP contribution < -0.4 is 5.32 Å². The molecule has 3 aromatic rings. The molecule has 9 heteroatoms. The van der Waals surface area contributed by atoms with Crippen molar-refractivity contribution in [1.82, 2.24) is 14.3 Å². The molecule has 0 spiro atoms. The van der Waals surface area contributed by atoms with E-state index < -0.39 is 10.0 Å². The zero-order valence-corrected chi connectivity index (χ0v) is 17.0. The lowest BCUT2D eigenvalue weighted by atomic mass is 9.97. The Morgan fingerprint density at radius 2 is 1.72 bits per heavy atom. The van der Waals surface area contributed by atoms with Gasteiger partial charge < -0.3 is 5.32 Å². The highest BCUT2D eigenvalue weighted by atomic mass is 35.5. The summed E-state index contributed by atoms with van der Waals surface area (Å²) in [6.45, 7) is 0.499. The largest absolute Gasteiger partial charge is 0.324 e. The van der Waals surface area contributed by atoms with Crippen molar-refractivity contribution in [3.8, 4) is 0 Å². The molecule has 0 bridgehead atoms. The van der Waals surface area contributed by atoms with Crippen LogP contribution in [-0.2, 0) is 14.8 Å². The molecule has 4 rings (SSSR count). The second-order valence-electron chi connectivity index (χ2n) is 6.84. The molecule has 2 aromatic heterocycles. The van der Waals surface area contributed by atoms with Crippen LogP contribution in [0.15, 0.2) is 59.8 Å². The van der Waals surface area contributed by atoms with Crippen LogP contribution in [0.1, 0.15) is 12.8 Å². The molecular weight excluding hydrogens is 412 g/mol. The van der Waals surface area contributed by atoms with Crippen LogP contribution in [0.5, 0.6) is 0 Å². The van der Waals surface area contributed by atoms with E-state index in [4.69, 9.17) is 11.6 Å². The van der Waals surface area contributed by atoms with Gasteiger partial charge in [0, 0.05) is 36.8 Å². The molecule has 3 heterocycles. The number of pyridine rings is 2. The lowest BCUT2D eigenvalue weighted by Crippen LogP contribution is -2.41. The van der Waals surface area contributed by atoms with Crippen LogP contribution >= 0.6 is 11.6 Å². The van der Waals surface area contributed by atoms with E-state index >= 15 is 0 Å². The van der Waals surface area contributed by atoms with E-state index in [9.17, 15) is 13.2 Å². The second kappa shape index (κ2) is 8.06. The summed E-state index contributed by atoms with van der Waals surface area (Å²) in [4.78, 5) is 20.9. The summed E-state index contributed by atoms with van der Waals surface area (Å²) in [7, 11) is -3.73. The predicted molar refractivity (Wildman–Crippen MR) is 111 cm³/mol. The van der Waals surface area contributed by atoms with Gasteiger partial charge in [0.25, 0.3) is 0 Å². The van der Waals surface area contributed by atoms with Gasteiger partial charge in [-0.2, -0.15) is 4.31 Å². The Kier molecular flexibility index (Phi) is 5.49. The number of para-hydroxylation sites is 1. The molecule has 0 aliphatic carbocycles. The van der Waals surface area contributed by atoms with E-state index in [0.717, 1.165) is 10.9 Å². The zero-order valence-electron chi connectivity index (χ0n) is 15.5. The summed E-state index contributed by atoms with van der Waals surface area (Å²) < 4.78 is 27.0. The molecule has 1 aliphatic rings. The van der Waals surface area contributed by atoms with Gasteiger partial charge in [-0.1, -0.05) is 29.8 Å². The van der Waals surface area contributed by atoms with E-state index in [0.29, 0.717) is 18.5 Å². The zero-order chi connectivity index (χ0) is 20.4. The van der Waals surface area contributed by atoms with Crippen molar-refractivity contribution in [3.63, 3.8) is 0 Å². The number of anilines is 1. The third-order valence-electron chi connectivity index (χ3n) is 5.06. The molecule has 29 heavy (non-hydrogen) atoms. The highest BCUT2D eigenvalue weighted by molar-refractivity contribution is 7.89. The SMILES string of the molecule is O=C(Nc1cccc2cccnc12)C1CCN(S(=O)(=O)c2cccnc2Cl)CC1. The van der Waals surface area contributed by atoms with Crippen molar-refractivity contribution in [1.29, 1.82) is 0 Å². The lowest BCUT2D eigenvalue weighted by Gasteiger charge is -2.30. The molecular formula is C20H19ClN4O3S. The van der Waals surface area contributed by atoms with Gasteiger partial charge in [0.15, 0.2) is 0 Å².